The van der Waals surface area contributed by atoms with Crippen molar-refractivity contribution < 1.29 is 14.5 Å². The molecular weight excluding hydrogens is 398 g/mol. The van der Waals surface area contributed by atoms with Gasteiger partial charge in [-0.2, -0.15) is 4.99 Å². The average molecular weight is 418 g/mol. The Morgan fingerprint density at radius 3 is 2.82 bits per heavy atom. The molecule has 0 atom stereocenters. The predicted octanol–water partition coefficient (Wildman–Crippen LogP) is 4.11. The lowest BCUT2D eigenvalue weighted by Crippen LogP contribution is -2.19. The van der Waals surface area contributed by atoms with Crippen molar-refractivity contribution in [3.63, 3.8) is 0 Å². The number of aromatic nitrogens is 1. The number of amides is 1. The predicted molar refractivity (Wildman–Crippen MR) is 111 cm³/mol. The Hall–Kier alpha value is -2.49. The molecule has 1 heterocycles. The molecule has 1 amide bonds. The highest BCUT2D eigenvalue weighted by molar-refractivity contribution is 7.99. The summed E-state index contributed by atoms with van der Waals surface area (Å²) >= 11 is 2.92. The van der Waals surface area contributed by atoms with E-state index in [0.717, 1.165) is 15.3 Å². The van der Waals surface area contributed by atoms with Crippen LogP contribution < -0.4 is 4.80 Å². The highest BCUT2D eigenvalue weighted by Crippen LogP contribution is 2.25. The molecule has 0 fully saturated rings. The molecule has 0 aliphatic rings. The monoisotopic (exact) mass is 417 g/mol. The van der Waals surface area contributed by atoms with Gasteiger partial charge in [0.1, 0.15) is 0 Å². The number of fused-ring (bicyclic) bond motifs is 1. The minimum absolute atomic E-state index is 0.000894. The smallest absolute Gasteiger partial charge is 0.280 e. The molecule has 28 heavy (non-hydrogen) atoms. The second-order valence-electron chi connectivity index (χ2n) is 5.78. The standard InChI is InChI=1S/C19H19N3O4S2/c1-3-27-16-7-5-4-6-14(16)18(23)20-19-21(10-11-26-2)15-12-13(22(24)25)8-9-17(15)28-19/h4-9,12H,3,10-11H2,1-2H3. The second kappa shape index (κ2) is 9.13. The fraction of sp³-hybridized carbons (Fsp3) is 0.263. The summed E-state index contributed by atoms with van der Waals surface area (Å²) in [5.74, 6) is 0.522. The number of nitro benzene ring substituents is 1. The van der Waals surface area contributed by atoms with Gasteiger partial charge in [0.05, 0.1) is 27.3 Å². The Morgan fingerprint density at radius 2 is 2.11 bits per heavy atom. The summed E-state index contributed by atoms with van der Waals surface area (Å²) in [7, 11) is 1.58. The average Bonchev–Trinajstić information content (AvgIpc) is 3.03. The van der Waals surface area contributed by atoms with E-state index < -0.39 is 4.92 Å². The number of hydrogen-bond acceptors (Lipinski definition) is 6. The Morgan fingerprint density at radius 1 is 1.32 bits per heavy atom. The van der Waals surface area contributed by atoms with Crippen molar-refractivity contribution in [1.29, 1.82) is 0 Å². The lowest BCUT2D eigenvalue weighted by molar-refractivity contribution is -0.384. The van der Waals surface area contributed by atoms with Gasteiger partial charge in [-0.3, -0.25) is 14.9 Å². The summed E-state index contributed by atoms with van der Waals surface area (Å²) < 4.78 is 7.78. The van der Waals surface area contributed by atoms with Crippen LogP contribution in [0.15, 0.2) is 52.4 Å². The normalized spacial score (nSPS) is 11.9. The first-order valence-corrected chi connectivity index (χ1v) is 10.4. The van der Waals surface area contributed by atoms with Gasteiger partial charge in [0, 0.05) is 30.7 Å². The summed E-state index contributed by atoms with van der Waals surface area (Å²) in [5.41, 5.74) is 1.22. The number of carbonyl (C=O) groups is 1. The molecule has 0 saturated carbocycles. The fourth-order valence-corrected chi connectivity index (χ4v) is 4.56. The number of thioether (sulfide) groups is 1. The number of carbonyl (C=O) groups excluding carboxylic acids is 1. The Balaban J connectivity index is 2.13. The summed E-state index contributed by atoms with van der Waals surface area (Å²) in [4.78, 5) is 29.3. The largest absolute Gasteiger partial charge is 0.383 e. The maximum Gasteiger partial charge on any atom is 0.280 e. The second-order valence-corrected chi connectivity index (χ2v) is 8.10. The van der Waals surface area contributed by atoms with Crippen LogP contribution in [0, 0.1) is 10.1 Å². The molecule has 0 radical (unpaired) electrons. The summed E-state index contributed by atoms with van der Waals surface area (Å²) in [6, 6.07) is 12.0. The van der Waals surface area contributed by atoms with Crippen LogP contribution in [0.25, 0.3) is 10.2 Å². The molecule has 146 valence electrons. The molecule has 2 aromatic carbocycles. The SMILES string of the molecule is CCSc1ccccc1C(=O)N=c1sc2ccc([N+](=O)[O-])cc2n1CCOC. The molecule has 0 spiro atoms. The number of nitro groups is 1. The topological polar surface area (TPSA) is 86.7 Å². The first-order chi connectivity index (χ1) is 13.5. The molecule has 9 heteroatoms. The van der Waals surface area contributed by atoms with Crippen LogP contribution in [-0.4, -0.2) is 34.9 Å². The van der Waals surface area contributed by atoms with Gasteiger partial charge in [-0.1, -0.05) is 30.4 Å². The molecule has 0 saturated heterocycles. The molecule has 0 N–H and O–H groups in total. The van der Waals surface area contributed by atoms with E-state index in [1.807, 2.05) is 25.1 Å². The third-order valence-corrected chi connectivity index (χ3v) is 6.02. The third-order valence-electron chi connectivity index (χ3n) is 4.01. The lowest BCUT2D eigenvalue weighted by atomic mass is 10.2. The van der Waals surface area contributed by atoms with Crippen LogP contribution in [0.2, 0.25) is 0 Å². The van der Waals surface area contributed by atoms with E-state index in [2.05, 4.69) is 4.99 Å². The summed E-state index contributed by atoms with van der Waals surface area (Å²) in [6.45, 7) is 2.87. The van der Waals surface area contributed by atoms with Crippen molar-refractivity contribution in [2.24, 2.45) is 4.99 Å². The van der Waals surface area contributed by atoms with Crippen molar-refractivity contribution in [2.45, 2.75) is 18.4 Å². The van der Waals surface area contributed by atoms with Crippen LogP contribution >= 0.6 is 23.1 Å². The summed E-state index contributed by atoms with van der Waals surface area (Å²) in [6.07, 6.45) is 0. The zero-order chi connectivity index (χ0) is 20.1. The van der Waals surface area contributed by atoms with Crippen molar-refractivity contribution in [2.75, 3.05) is 19.5 Å². The Labute approximate surface area is 169 Å². The molecule has 3 aromatic rings. The van der Waals surface area contributed by atoms with Crippen LogP contribution in [-0.2, 0) is 11.3 Å². The number of rotatable bonds is 7. The number of ether oxygens (including phenoxy) is 1. The molecule has 0 aliphatic carbocycles. The van der Waals surface area contributed by atoms with E-state index in [4.69, 9.17) is 4.74 Å². The van der Waals surface area contributed by atoms with E-state index in [-0.39, 0.29) is 11.6 Å². The number of hydrogen-bond donors (Lipinski definition) is 0. The maximum absolute atomic E-state index is 12.9. The molecule has 0 bridgehead atoms. The molecule has 1 aromatic heterocycles. The third kappa shape index (κ3) is 4.32. The first kappa shape index (κ1) is 20.2. The zero-order valence-electron chi connectivity index (χ0n) is 15.5. The van der Waals surface area contributed by atoms with E-state index in [0.29, 0.717) is 29.0 Å². The van der Waals surface area contributed by atoms with Gasteiger partial charge in [0.25, 0.3) is 11.6 Å². The number of benzene rings is 2. The van der Waals surface area contributed by atoms with Gasteiger partial charge >= 0.3 is 0 Å². The van der Waals surface area contributed by atoms with Gasteiger partial charge in [-0.15, -0.1) is 11.8 Å². The Bertz CT molecular complexity index is 1090. The van der Waals surface area contributed by atoms with E-state index in [1.54, 1.807) is 35.6 Å². The van der Waals surface area contributed by atoms with E-state index >= 15 is 0 Å². The molecular formula is C19H19N3O4S2. The van der Waals surface area contributed by atoms with Gasteiger partial charge < -0.3 is 9.30 Å². The van der Waals surface area contributed by atoms with Crippen LogP contribution in [0.5, 0.6) is 0 Å². The molecule has 0 aliphatic heterocycles. The molecule has 0 unspecified atom stereocenters. The molecule has 3 rings (SSSR count). The first-order valence-electron chi connectivity index (χ1n) is 8.62. The van der Waals surface area contributed by atoms with Gasteiger partial charge in [-0.25, -0.2) is 0 Å². The number of thiazole rings is 1. The van der Waals surface area contributed by atoms with Crippen LogP contribution in [0.1, 0.15) is 17.3 Å². The van der Waals surface area contributed by atoms with Crippen molar-refractivity contribution in [3.05, 3.63) is 62.9 Å². The minimum atomic E-state index is -0.433. The number of non-ortho nitro benzene ring substituents is 1. The summed E-state index contributed by atoms with van der Waals surface area (Å²) in [5, 5.41) is 11.1. The van der Waals surface area contributed by atoms with Gasteiger partial charge in [0.15, 0.2) is 4.80 Å². The van der Waals surface area contributed by atoms with E-state index in [1.165, 1.54) is 23.5 Å². The zero-order valence-corrected chi connectivity index (χ0v) is 17.1. The highest BCUT2D eigenvalue weighted by Gasteiger charge is 2.15. The lowest BCUT2D eigenvalue weighted by Gasteiger charge is -2.05. The maximum atomic E-state index is 12.9. The van der Waals surface area contributed by atoms with E-state index in [9.17, 15) is 14.9 Å². The van der Waals surface area contributed by atoms with Gasteiger partial charge in [-0.05, 0) is 24.0 Å². The van der Waals surface area contributed by atoms with Gasteiger partial charge in [0.2, 0.25) is 0 Å². The quantitative estimate of drug-likeness (QED) is 0.328. The Kier molecular flexibility index (Phi) is 6.61. The van der Waals surface area contributed by atoms with Crippen molar-refractivity contribution >= 4 is 44.9 Å². The van der Waals surface area contributed by atoms with Crippen LogP contribution in [0.3, 0.4) is 0 Å². The van der Waals surface area contributed by atoms with Crippen molar-refractivity contribution in [3.8, 4) is 0 Å². The van der Waals surface area contributed by atoms with Crippen molar-refractivity contribution in [1.82, 2.24) is 4.57 Å². The minimum Gasteiger partial charge on any atom is -0.383 e. The number of nitrogens with zero attached hydrogens (tertiary/aromatic N) is 3. The number of methoxy groups -OCH3 is 1. The van der Waals surface area contributed by atoms with Crippen LogP contribution in [0.4, 0.5) is 5.69 Å². The highest BCUT2D eigenvalue weighted by atomic mass is 32.2. The fourth-order valence-electron chi connectivity index (χ4n) is 2.73. The molecule has 7 nitrogen and oxygen atoms in total.